The number of nitrogens with zero attached hydrogens (tertiary/aromatic N) is 1. The Morgan fingerprint density at radius 3 is 2.32 bits per heavy atom. The molecule has 0 atom stereocenters. The van der Waals surface area contributed by atoms with Gasteiger partial charge in [0.1, 0.15) is 5.76 Å². The van der Waals surface area contributed by atoms with Crippen LogP contribution in [0.15, 0.2) is 76.9 Å². The predicted molar refractivity (Wildman–Crippen MR) is 120 cm³/mol. The number of furan rings is 1. The molecular weight excluding hydrogens is 567 g/mol. The Morgan fingerprint density at radius 2 is 1.74 bits per heavy atom. The maximum atomic E-state index is 10.0. The molecule has 0 amide bonds. The van der Waals surface area contributed by atoms with Crippen molar-refractivity contribution in [3.63, 3.8) is 0 Å². The number of allylic oxidation sites excluding steroid dienone is 2. The standard InChI is InChI=1S/C21H16NO.C5H8O2.Ir/c1-14-10-15(2)12-18(11-14)19-9-8-17-13-20(23-21(17)22-19)16-6-4-3-5-7-16;1-4(6)3-5(2)7;/h3-11,13H,1-2H3;3,6H,1-2H3;/q-1;;. The van der Waals surface area contributed by atoms with Gasteiger partial charge in [-0.2, -0.15) is 0 Å². The van der Waals surface area contributed by atoms with Crippen molar-refractivity contribution < 1.29 is 34.4 Å². The van der Waals surface area contributed by atoms with Crippen LogP contribution >= 0.6 is 0 Å². The first-order valence-corrected chi connectivity index (χ1v) is 9.66. The van der Waals surface area contributed by atoms with Crippen LogP contribution < -0.4 is 0 Å². The second-order valence-electron chi connectivity index (χ2n) is 7.22. The van der Waals surface area contributed by atoms with E-state index in [2.05, 4.69) is 43.1 Å². The van der Waals surface area contributed by atoms with Gasteiger partial charge in [-0.3, -0.25) is 9.78 Å². The molecule has 4 nitrogen and oxygen atoms in total. The largest absolute Gasteiger partial charge is 0.512 e. The first-order valence-electron chi connectivity index (χ1n) is 9.66. The molecule has 4 rings (SSSR count). The number of carbonyl (C=O) groups excluding carboxylic acids is 1. The van der Waals surface area contributed by atoms with Crippen molar-refractivity contribution in [2.75, 3.05) is 0 Å². The third-order valence-corrected chi connectivity index (χ3v) is 4.28. The van der Waals surface area contributed by atoms with Crippen LogP contribution in [0.5, 0.6) is 0 Å². The predicted octanol–water partition coefficient (Wildman–Crippen LogP) is 6.61. The van der Waals surface area contributed by atoms with Gasteiger partial charge >= 0.3 is 0 Å². The molecule has 2 aromatic heterocycles. The molecule has 2 aromatic carbocycles. The van der Waals surface area contributed by atoms with Crippen molar-refractivity contribution >= 4 is 16.9 Å². The normalized spacial score (nSPS) is 10.8. The third-order valence-electron chi connectivity index (χ3n) is 4.28. The molecule has 5 heteroatoms. The fourth-order valence-electron chi connectivity index (χ4n) is 3.14. The molecule has 1 radical (unpaired) electrons. The van der Waals surface area contributed by atoms with Crippen LogP contribution in [-0.4, -0.2) is 15.9 Å². The number of hydrogen-bond donors (Lipinski definition) is 1. The number of fused-ring (bicyclic) bond motifs is 1. The molecule has 0 aliphatic carbocycles. The van der Waals surface area contributed by atoms with Gasteiger partial charge in [0.2, 0.25) is 5.71 Å². The van der Waals surface area contributed by atoms with Gasteiger partial charge in [-0.15, -0.1) is 34.9 Å². The molecular formula is C26H24IrNO3-. The third kappa shape index (κ3) is 6.74. The number of aryl methyl sites for hydroxylation is 2. The fraction of sp³-hybridized carbons (Fsp3) is 0.154. The quantitative estimate of drug-likeness (QED) is 0.166. The average Bonchev–Trinajstić information content (AvgIpc) is 3.11. The molecule has 0 saturated heterocycles. The van der Waals surface area contributed by atoms with E-state index in [1.165, 1.54) is 25.5 Å². The van der Waals surface area contributed by atoms with Crippen LogP contribution in [0.4, 0.5) is 0 Å². The first-order chi connectivity index (χ1) is 14.3. The summed E-state index contributed by atoms with van der Waals surface area (Å²) >= 11 is 0. The van der Waals surface area contributed by atoms with Crippen LogP contribution in [-0.2, 0) is 24.9 Å². The van der Waals surface area contributed by atoms with Crippen LogP contribution in [0, 0.1) is 19.9 Å². The summed E-state index contributed by atoms with van der Waals surface area (Å²) in [6.45, 7) is 6.99. The van der Waals surface area contributed by atoms with E-state index in [0.29, 0.717) is 5.71 Å². The molecule has 0 saturated carbocycles. The summed E-state index contributed by atoms with van der Waals surface area (Å²) in [6.07, 6.45) is 1.17. The summed E-state index contributed by atoms with van der Waals surface area (Å²) < 4.78 is 5.95. The maximum Gasteiger partial charge on any atom is 0.217 e. The van der Waals surface area contributed by atoms with E-state index in [-0.39, 0.29) is 31.6 Å². The van der Waals surface area contributed by atoms with E-state index < -0.39 is 0 Å². The van der Waals surface area contributed by atoms with Gasteiger partial charge in [-0.25, -0.2) is 0 Å². The molecule has 161 valence electrons. The molecule has 1 N–H and O–H groups in total. The van der Waals surface area contributed by atoms with Gasteiger partial charge in [0, 0.05) is 37.1 Å². The average molecular weight is 591 g/mol. The Labute approximate surface area is 196 Å². The second-order valence-corrected chi connectivity index (χ2v) is 7.22. The Kier molecular flexibility index (Phi) is 8.49. The minimum absolute atomic E-state index is 0. The molecule has 0 spiro atoms. The zero-order valence-electron chi connectivity index (χ0n) is 17.9. The number of hydrogen-bond acceptors (Lipinski definition) is 4. The van der Waals surface area contributed by atoms with E-state index in [1.54, 1.807) is 0 Å². The Morgan fingerprint density at radius 1 is 1.03 bits per heavy atom. The number of ketones is 1. The Hall–Kier alpha value is -3.01. The van der Waals surface area contributed by atoms with Crippen molar-refractivity contribution in [3.05, 3.63) is 89.7 Å². The van der Waals surface area contributed by atoms with Crippen LogP contribution in [0.1, 0.15) is 25.0 Å². The molecule has 0 bridgehead atoms. The first kappa shape index (κ1) is 24.3. The van der Waals surface area contributed by atoms with E-state index in [9.17, 15) is 4.79 Å². The summed E-state index contributed by atoms with van der Waals surface area (Å²) in [4.78, 5) is 14.7. The molecule has 2 heterocycles. The smallest absolute Gasteiger partial charge is 0.217 e. The molecule has 31 heavy (non-hydrogen) atoms. The van der Waals surface area contributed by atoms with Crippen molar-refractivity contribution in [1.29, 1.82) is 0 Å². The van der Waals surface area contributed by atoms with Crippen LogP contribution in [0.2, 0.25) is 0 Å². The molecule has 0 fully saturated rings. The fourth-order valence-corrected chi connectivity index (χ4v) is 3.14. The Balaban J connectivity index is 0.000000373. The molecule has 4 aromatic rings. The summed E-state index contributed by atoms with van der Waals surface area (Å²) in [5.74, 6) is 0.780. The minimum Gasteiger partial charge on any atom is -0.512 e. The minimum atomic E-state index is -0.125. The molecule has 0 aliphatic heterocycles. The number of pyridine rings is 1. The van der Waals surface area contributed by atoms with E-state index in [1.807, 2.05) is 42.5 Å². The zero-order chi connectivity index (χ0) is 21.7. The van der Waals surface area contributed by atoms with Crippen molar-refractivity contribution in [2.45, 2.75) is 27.7 Å². The van der Waals surface area contributed by atoms with Crippen LogP contribution in [0.25, 0.3) is 33.7 Å². The number of rotatable bonds is 3. The summed E-state index contributed by atoms with van der Waals surface area (Å²) in [6, 6.07) is 23.8. The van der Waals surface area contributed by atoms with E-state index >= 15 is 0 Å². The van der Waals surface area contributed by atoms with Gasteiger partial charge in [-0.1, -0.05) is 56.3 Å². The SMILES string of the molecule is CC(=O)C=C(C)O.Cc1[c-]c(-c2ccc3cc(-c4ccccc4)oc3n2)cc(C)c1.[Ir]. The van der Waals surface area contributed by atoms with Crippen molar-refractivity contribution in [2.24, 2.45) is 0 Å². The van der Waals surface area contributed by atoms with E-state index in [4.69, 9.17) is 9.52 Å². The van der Waals surface area contributed by atoms with Crippen LogP contribution in [0.3, 0.4) is 0 Å². The molecule has 0 aliphatic rings. The number of carbonyl (C=O) groups is 1. The Bertz CT molecular complexity index is 1190. The van der Waals surface area contributed by atoms with E-state index in [0.717, 1.165) is 33.5 Å². The van der Waals surface area contributed by atoms with Crippen molar-refractivity contribution in [1.82, 2.24) is 4.98 Å². The van der Waals surface area contributed by atoms with Gasteiger partial charge in [0.15, 0.2) is 5.78 Å². The number of aliphatic hydroxyl groups excluding tert-OH is 1. The number of benzene rings is 2. The number of aliphatic hydroxyl groups is 1. The van der Waals surface area contributed by atoms with Gasteiger partial charge < -0.3 is 9.52 Å². The topological polar surface area (TPSA) is 63.3 Å². The summed E-state index contributed by atoms with van der Waals surface area (Å²) in [7, 11) is 0. The van der Waals surface area contributed by atoms with Crippen molar-refractivity contribution in [3.8, 4) is 22.6 Å². The summed E-state index contributed by atoms with van der Waals surface area (Å²) in [5.41, 5.74) is 5.94. The monoisotopic (exact) mass is 591 g/mol. The zero-order valence-corrected chi connectivity index (χ0v) is 20.3. The van der Waals surface area contributed by atoms with Gasteiger partial charge in [0.25, 0.3) is 0 Å². The van der Waals surface area contributed by atoms with Gasteiger partial charge in [-0.05, 0) is 25.6 Å². The maximum absolute atomic E-state index is 10.0. The molecule has 0 unspecified atom stereocenters. The van der Waals surface area contributed by atoms with Gasteiger partial charge in [0.05, 0.1) is 5.76 Å². The summed E-state index contributed by atoms with van der Waals surface area (Å²) in [5, 5.41) is 9.37. The second kappa shape index (κ2) is 10.9. The number of aromatic nitrogens is 1.